The Bertz CT molecular complexity index is 373. The van der Waals surface area contributed by atoms with Gasteiger partial charge >= 0.3 is 0 Å². The molecule has 0 radical (unpaired) electrons. The molecule has 0 N–H and O–H groups in total. The van der Waals surface area contributed by atoms with E-state index in [0.29, 0.717) is 6.04 Å². The van der Waals surface area contributed by atoms with Crippen molar-refractivity contribution in [1.82, 2.24) is 10.1 Å². The highest BCUT2D eigenvalue weighted by atomic mass is 32.2. The maximum Gasteiger partial charge on any atom is 0.154 e. The summed E-state index contributed by atoms with van der Waals surface area (Å²) >= 11 is 2.10. The maximum absolute atomic E-state index is 5.47. The van der Waals surface area contributed by atoms with Crippen LogP contribution in [-0.2, 0) is 0 Å². The molecular weight excluding hydrogens is 232 g/mol. The van der Waals surface area contributed by atoms with E-state index in [2.05, 4.69) is 27.9 Å². The first-order chi connectivity index (χ1) is 8.34. The summed E-state index contributed by atoms with van der Waals surface area (Å²) in [6.45, 7) is 3.24. The van der Waals surface area contributed by atoms with Crippen LogP contribution in [0.2, 0.25) is 0 Å². The maximum atomic E-state index is 5.47. The number of nitrogens with zero attached hydrogens (tertiary/aromatic N) is 2. The van der Waals surface area contributed by atoms with Gasteiger partial charge in [0, 0.05) is 12.1 Å². The van der Waals surface area contributed by atoms with Crippen molar-refractivity contribution in [3.05, 3.63) is 17.5 Å². The molecule has 0 amide bonds. The van der Waals surface area contributed by atoms with Crippen molar-refractivity contribution in [2.24, 2.45) is 0 Å². The van der Waals surface area contributed by atoms with Crippen molar-refractivity contribution in [3.8, 4) is 0 Å². The number of hydrogen-bond donors (Lipinski definition) is 0. The Kier molecular flexibility index (Phi) is 3.43. The fraction of sp³-hybridized carbons (Fsp3) is 0.769. The summed E-state index contributed by atoms with van der Waals surface area (Å²) in [6.07, 6.45) is 5.22. The molecule has 2 saturated heterocycles. The molecular formula is C13H20N2OS. The molecule has 17 heavy (non-hydrogen) atoms. The Morgan fingerprint density at radius 2 is 2.18 bits per heavy atom. The summed E-state index contributed by atoms with van der Waals surface area (Å²) in [5, 5.41) is 4.04. The number of rotatable bonds is 2. The standard InChI is InChI=1S/C13H20N2OS/c1-10-9-13(16-14-10)12-3-2-6-15(12)11-4-7-17-8-5-11/h9,11-12H,2-8H2,1H3/t12-/m0/s1. The zero-order chi connectivity index (χ0) is 11.7. The van der Waals surface area contributed by atoms with Gasteiger partial charge in [0.25, 0.3) is 0 Å². The minimum absolute atomic E-state index is 0.490. The molecule has 3 nitrogen and oxygen atoms in total. The largest absolute Gasteiger partial charge is 0.359 e. The van der Waals surface area contributed by atoms with Gasteiger partial charge in [-0.25, -0.2) is 0 Å². The number of aromatic nitrogens is 1. The highest BCUT2D eigenvalue weighted by Crippen LogP contribution is 2.37. The molecule has 2 aliphatic rings. The second kappa shape index (κ2) is 5.02. The average Bonchev–Trinajstić information content (AvgIpc) is 2.98. The molecule has 3 rings (SSSR count). The van der Waals surface area contributed by atoms with E-state index >= 15 is 0 Å². The topological polar surface area (TPSA) is 29.3 Å². The SMILES string of the molecule is Cc1cc([C@@H]2CCCN2C2CCSCC2)on1. The third kappa shape index (κ3) is 2.38. The molecule has 3 heterocycles. The molecule has 2 fully saturated rings. The number of hydrogen-bond acceptors (Lipinski definition) is 4. The van der Waals surface area contributed by atoms with Gasteiger partial charge in [-0.3, -0.25) is 4.90 Å². The van der Waals surface area contributed by atoms with E-state index in [1.54, 1.807) is 0 Å². The molecule has 0 saturated carbocycles. The van der Waals surface area contributed by atoms with Gasteiger partial charge in [0.1, 0.15) is 0 Å². The second-order valence-electron chi connectivity index (χ2n) is 5.11. The predicted octanol–water partition coefficient (Wildman–Crippen LogP) is 3.02. The van der Waals surface area contributed by atoms with Crippen LogP contribution in [0, 0.1) is 6.92 Å². The van der Waals surface area contributed by atoms with Gasteiger partial charge in [-0.1, -0.05) is 5.16 Å². The molecule has 94 valence electrons. The first-order valence-electron chi connectivity index (χ1n) is 6.61. The fourth-order valence-corrected chi connectivity index (χ4v) is 4.17. The second-order valence-corrected chi connectivity index (χ2v) is 6.33. The first-order valence-corrected chi connectivity index (χ1v) is 7.77. The van der Waals surface area contributed by atoms with E-state index in [0.717, 1.165) is 17.5 Å². The van der Waals surface area contributed by atoms with Gasteiger partial charge < -0.3 is 4.52 Å². The van der Waals surface area contributed by atoms with Crippen LogP contribution in [0.1, 0.15) is 43.2 Å². The molecule has 4 heteroatoms. The van der Waals surface area contributed by atoms with Crippen LogP contribution < -0.4 is 0 Å². The van der Waals surface area contributed by atoms with Crippen molar-refractivity contribution in [1.29, 1.82) is 0 Å². The van der Waals surface area contributed by atoms with E-state index in [1.165, 1.54) is 43.7 Å². The monoisotopic (exact) mass is 252 g/mol. The summed E-state index contributed by atoms with van der Waals surface area (Å²) in [6, 6.07) is 3.37. The van der Waals surface area contributed by atoms with Crippen LogP contribution in [-0.4, -0.2) is 34.1 Å². The molecule has 2 aliphatic heterocycles. The lowest BCUT2D eigenvalue weighted by Gasteiger charge is -2.34. The summed E-state index contributed by atoms with van der Waals surface area (Å²) < 4.78 is 5.47. The van der Waals surface area contributed by atoms with E-state index in [9.17, 15) is 0 Å². The summed E-state index contributed by atoms with van der Waals surface area (Å²) in [5.74, 6) is 3.73. The summed E-state index contributed by atoms with van der Waals surface area (Å²) in [7, 11) is 0. The van der Waals surface area contributed by atoms with Gasteiger partial charge in [-0.2, -0.15) is 11.8 Å². The van der Waals surface area contributed by atoms with Gasteiger partial charge in [0.05, 0.1) is 11.7 Å². The normalized spacial score (nSPS) is 27.7. The Morgan fingerprint density at radius 1 is 1.35 bits per heavy atom. The highest BCUT2D eigenvalue weighted by Gasteiger charge is 2.34. The van der Waals surface area contributed by atoms with Gasteiger partial charge in [0.2, 0.25) is 0 Å². The summed E-state index contributed by atoms with van der Waals surface area (Å²) in [5.41, 5.74) is 1.01. The zero-order valence-electron chi connectivity index (χ0n) is 10.4. The molecule has 0 spiro atoms. The van der Waals surface area contributed by atoms with E-state index < -0.39 is 0 Å². The van der Waals surface area contributed by atoms with Crippen LogP contribution in [0.25, 0.3) is 0 Å². The first kappa shape index (κ1) is 11.6. The molecule has 0 bridgehead atoms. The average molecular weight is 252 g/mol. The third-order valence-corrected chi connectivity index (χ3v) is 4.98. The molecule has 1 aromatic rings. The Morgan fingerprint density at radius 3 is 2.88 bits per heavy atom. The van der Waals surface area contributed by atoms with Gasteiger partial charge in [-0.15, -0.1) is 0 Å². The molecule has 0 unspecified atom stereocenters. The van der Waals surface area contributed by atoms with Crippen LogP contribution in [0.4, 0.5) is 0 Å². The van der Waals surface area contributed by atoms with E-state index in [4.69, 9.17) is 4.52 Å². The minimum atomic E-state index is 0.490. The van der Waals surface area contributed by atoms with Crippen LogP contribution in [0.15, 0.2) is 10.6 Å². The van der Waals surface area contributed by atoms with Crippen molar-refractivity contribution in [2.75, 3.05) is 18.1 Å². The van der Waals surface area contributed by atoms with Crippen molar-refractivity contribution in [3.63, 3.8) is 0 Å². The lowest BCUT2D eigenvalue weighted by Crippen LogP contribution is -2.37. The Labute approximate surface area is 107 Å². The molecule has 0 aromatic carbocycles. The summed E-state index contributed by atoms with van der Waals surface area (Å²) in [4.78, 5) is 2.67. The van der Waals surface area contributed by atoms with E-state index in [1.807, 2.05) is 6.92 Å². The highest BCUT2D eigenvalue weighted by molar-refractivity contribution is 7.99. The lowest BCUT2D eigenvalue weighted by atomic mass is 10.1. The Hall–Kier alpha value is -0.480. The molecule has 0 aliphatic carbocycles. The lowest BCUT2D eigenvalue weighted by molar-refractivity contribution is 0.147. The number of likely N-dealkylation sites (tertiary alicyclic amines) is 1. The van der Waals surface area contributed by atoms with Crippen LogP contribution >= 0.6 is 11.8 Å². The van der Waals surface area contributed by atoms with Crippen molar-refractivity contribution in [2.45, 2.75) is 44.7 Å². The predicted molar refractivity (Wildman–Crippen MR) is 70.3 cm³/mol. The van der Waals surface area contributed by atoms with Crippen molar-refractivity contribution < 1.29 is 4.52 Å². The van der Waals surface area contributed by atoms with E-state index in [-0.39, 0.29) is 0 Å². The van der Waals surface area contributed by atoms with Crippen LogP contribution in [0.5, 0.6) is 0 Å². The minimum Gasteiger partial charge on any atom is -0.359 e. The fourth-order valence-electron chi connectivity index (χ4n) is 3.09. The van der Waals surface area contributed by atoms with Gasteiger partial charge in [-0.05, 0) is 50.7 Å². The quantitative estimate of drug-likeness (QED) is 0.809. The number of aryl methyl sites for hydroxylation is 1. The molecule has 1 aromatic heterocycles. The number of thioether (sulfide) groups is 1. The third-order valence-electron chi connectivity index (χ3n) is 3.93. The Balaban J connectivity index is 1.74. The molecule has 1 atom stereocenters. The smallest absolute Gasteiger partial charge is 0.154 e. The van der Waals surface area contributed by atoms with Crippen LogP contribution in [0.3, 0.4) is 0 Å². The zero-order valence-corrected chi connectivity index (χ0v) is 11.2. The van der Waals surface area contributed by atoms with Gasteiger partial charge in [0.15, 0.2) is 5.76 Å². The van der Waals surface area contributed by atoms with Crippen molar-refractivity contribution >= 4 is 11.8 Å².